The van der Waals surface area contributed by atoms with E-state index < -0.39 is 41.0 Å². The van der Waals surface area contributed by atoms with E-state index in [0.29, 0.717) is 25.3 Å². The first-order valence-corrected chi connectivity index (χ1v) is 16.5. The van der Waals surface area contributed by atoms with Gasteiger partial charge in [-0.2, -0.15) is 8.61 Å². The lowest BCUT2D eigenvalue weighted by molar-refractivity contribution is 0.0947. The van der Waals surface area contributed by atoms with Crippen molar-refractivity contribution < 1.29 is 21.9 Å². The Labute approximate surface area is 222 Å². The van der Waals surface area contributed by atoms with E-state index in [0.717, 1.165) is 25.7 Å². The lowest BCUT2D eigenvalue weighted by Gasteiger charge is -2.45. The Hall–Kier alpha value is -0.220. The van der Waals surface area contributed by atoms with Crippen molar-refractivity contribution in [1.29, 1.82) is 0 Å². The first-order valence-electron chi connectivity index (χ1n) is 13.7. The molecule has 0 unspecified atom stereocenters. The van der Waals surface area contributed by atoms with Crippen molar-refractivity contribution >= 4 is 20.0 Å². The number of aliphatic hydroxyl groups excluding tert-OH is 1. The monoisotopic (exact) mass is 550 g/mol. The van der Waals surface area contributed by atoms with E-state index in [4.69, 9.17) is 0 Å². The zero-order valence-corrected chi connectivity index (χ0v) is 26.4. The molecule has 2 fully saturated rings. The summed E-state index contributed by atoms with van der Waals surface area (Å²) in [6, 6.07) is -0.796. The fourth-order valence-electron chi connectivity index (χ4n) is 4.69. The van der Waals surface area contributed by atoms with Gasteiger partial charge in [-0.1, -0.05) is 34.6 Å². The van der Waals surface area contributed by atoms with Crippen molar-refractivity contribution in [2.45, 2.75) is 142 Å². The maximum absolute atomic E-state index is 14.1. The Balaban J connectivity index is 2.29. The Morgan fingerprint density at radius 3 is 1.67 bits per heavy atom. The minimum absolute atomic E-state index is 0.0523. The van der Waals surface area contributed by atoms with E-state index in [-0.39, 0.29) is 24.1 Å². The van der Waals surface area contributed by atoms with Gasteiger partial charge in [0, 0.05) is 18.6 Å². The van der Waals surface area contributed by atoms with E-state index in [1.54, 1.807) is 43.2 Å². The average Bonchev–Trinajstić information content (AvgIpc) is 3.60. The molecule has 0 aromatic rings. The summed E-state index contributed by atoms with van der Waals surface area (Å²) >= 11 is 0. The molecular formula is C27H54N2O5S2. The van der Waals surface area contributed by atoms with Gasteiger partial charge in [0.25, 0.3) is 0 Å². The van der Waals surface area contributed by atoms with Crippen LogP contribution in [-0.2, 0) is 20.0 Å². The van der Waals surface area contributed by atoms with Crippen molar-refractivity contribution in [3.63, 3.8) is 0 Å². The largest absolute Gasteiger partial charge is 0.395 e. The molecule has 2 rings (SSSR count). The van der Waals surface area contributed by atoms with Gasteiger partial charge in [-0.15, -0.1) is 0 Å². The van der Waals surface area contributed by atoms with Crippen LogP contribution in [0.1, 0.15) is 115 Å². The van der Waals surface area contributed by atoms with Gasteiger partial charge in [-0.05, 0) is 96.8 Å². The second-order valence-electron chi connectivity index (χ2n) is 14.7. The zero-order valence-electron chi connectivity index (χ0n) is 24.8. The van der Waals surface area contributed by atoms with Crippen molar-refractivity contribution in [3.05, 3.63) is 0 Å². The predicted octanol–water partition coefficient (Wildman–Crippen LogP) is 5.00. The van der Waals surface area contributed by atoms with Crippen LogP contribution in [0.5, 0.6) is 0 Å². The van der Waals surface area contributed by atoms with Crippen LogP contribution in [0.3, 0.4) is 0 Å². The topological polar surface area (TPSA) is 95.0 Å². The molecule has 1 N–H and O–H groups in total. The van der Waals surface area contributed by atoms with Gasteiger partial charge in [-0.25, -0.2) is 16.8 Å². The van der Waals surface area contributed by atoms with Crippen molar-refractivity contribution in [1.82, 2.24) is 8.61 Å². The molecular weight excluding hydrogens is 496 g/mol. The highest BCUT2D eigenvalue weighted by molar-refractivity contribution is 7.90. The smallest absolute Gasteiger partial charge is 0.219 e. The lowest BCUT2D eigenvalue weighted by atomic mass is 9.79. The molecule has 0 aromatic heterocycles. The summed E-state index contributed by atoms with van der Waals surface area (Å²) in [6.45, 7) is 21.1. The number of hydrogen-bond acceptors (Lipinski definition) is 5. The summed E-state index contributed by atoms with van der Waals surface area (Å²) in [6.07, 6.45) is 4.75. The third-order valence-electron chi connectivity index (χ3n) is 8.51. The number of hydrogen-bond donors (Lipinski definition) is 1. The van der Waals surface area contributed by atoms with Gasteiger partial charge < -0.3 is 5.11 Å². The van der Waals surface area contributed by atoms with E-state index in [2.05, 4.69) is 13.8 Å². The molecule has 0 saturated heterocycles. The summed E-state index contributed by atoms with van der Waals surface area (Å²) < 4.78 is 56.5. The average molecular weight is 551 g/mol. The van der Waals surface area contributed by atoms with Crippen LogP contribution in [0, 0.1) is 16.7 Å². The number of aliphatic hydroxyl groups is 1. The molecule has 2 aliphatic carbocycles. The zero-order chi connectivity index (χ0) is 28.1. The maximum atomic E-state index is 14.1. The van der Waals surface area contributed by atoms with Crippen LogP contribution in [-0.4, -0.2) is 71.3 Å². The summed E-state index contributed by atoms with van der Waals surface area (Å²) in [5.41, 5.74) is -0.816. The standard InChI is InChI=1S/C27H54N2O5S2/c1-20(28(18-21-12-13-21)35(31,32)25(5,6)7)26(8,9)16-17-27(10,11)36(33,34)29(22-14-15-22)23(19-30)24(2,3)4/h20-23,30H,12-19H2,1-11H3/t20-,23+/m1/s1. The van der Waals surface area contributed by atoms with Crippen molar-refractivity contribution in [2.24, 2.45) is 16.7 Å². The molecule has 0 amide bonds. The summed E-state index contributed by atoms with van der Waals surface area (Å²) in [5.74, 6) is 0.414. The van der Waals surface area contributed by atoms with Crippen molar-refractivity contribution in [2.75, 3.05) is 13.2 Å². The third kappa shape index (κ3) is 6.85. The minimum atomic E-state index is -3.72. The normalized spacial score (nSPS) is 20.7. The highest BCUT2D eigenvalue weighted by Crippen LogP contribution is 2.44. The molecule has 2 aliphatic rings. The first kappa shape index (κ1) is 32.0. The van der Waals surface area contributed by atoms with Gasteiger partial charge in [-0.3, -0.25) is 0 Å². The second kappa shape index (κ2) is 10.4. The van der Waals surface area contributed by atoms with Crippen LogP contribution >= 0.6 is 0 Å². The van der Waals surface area contributed by atoms with E-state index >= 15 is 0 Å². The maximum Gasteiger partial charge on any atom is 0.219 e. The fraction of sp³-hybridized carbons (Fsp3) is 1.00. The summed E-state index contributed by atoms with van der Waals surface area (Å²) in [5, 5.41) is 10.2. The van der Waals surface area contributed by atoms with E-state index in [1.807, 2.05) is 27.7 Å². The van der Waals surface area contributed by atoms with E-state index in [1.165, 1.54) is 0 Å². The molecule has 2 saturated carbocycles. The van der Waals surface area contributed by atoms with Crippen LogP contribution < -0.4 is 0 Å². The Morgan fingerprint density at radius 1 is 0.806 bits per heavy atom. The number of rotatable bonds is 13. The second-order valence-corrected chi connectivity index (χ2v) is 19.8. The molecule has 7 nitrogen and oxygen atoms in total. The molecule has 0 bridgehead atoms. The molecule has 36 heavy (non-hydrogen) atoms. The molecule has 214 valence electrons. The molecule has 0 aliphatic heterocycles. The highest BCUT2D eigenvalue weighted by Gasteiger charge is 2.52. The minimum Gasteiger partial charge on any atom is -0.395 e. The SMILES string of the molecule is C[C@@H](N(CC1CC1)S(=O)(=O)C(C)(C)C)C(C)(C)CCC(C)(C)S(=O)(=O)N(C1CC1)[C@@H](CO)C(C)(C)C. The number of sulfonamides is 2. The van der Waals surface area contributed by atoms with Crippen LogP contribution in [0.2, 0.25) is 0 Å². The summed E-state index contributed by atoms with van der Waals surface area (Å²) in [4.78, 5) is 0. The Morgan fingerprint density at radius 2 is 1.31 bits per heavy atom. The molecule has 0 heterocycles. The van der Waals surface area contributed by atoms with Gasteiger partial charge in [0.2, 0.25) is 20.0 Å². The van der Waals surface area contributed by atoms with Crippen LogP contribution in [0.25, 0.3) is 0 Å². The Kier molecular flexibility index (Phi) is 9.24. The molecule has 0 radical (unpaired) electrons. The van der Waals surface area contributed by atoms with Crippen LogP contribution in [0.4, 0.5) is 0 Å². The lowest BCUT2D eigenvalue weighted by Crippen LogP contribution is -2.56. The molecule has 0 aromatic carbocycles. The predicted molar refractivity (Wildman–Crippen MR) is 149 cm³/mol. The molecule has 0 spiro atoms. The molecule has 9 heteroatoms. The van der Waals surface area contributed by atoms with Gasteiger partial charge in [0.1, 0.15) is 0 Å². The molecule has 2 atom stereocenters. The highest BCUT2D eigenvalue weighted by atomic mass is 32.2. The van der Waals surface area contributed by atoms with Crippen LogP contribution in [0.15, 0.2) is 0 Å². The third-order valence-corrected chi connectivity index (χ3v) is 13.9. The van der Waals surface area contributed by atoms with Crippen molar-refractivity contribution in [3.8, 4) is 0 Å². The van der Waals surface area contributed by atoms with E-state index in [9.17, 15) is 21.9 Å². The van der Waals surface area contributed by atoms with Gasteiger partial charge in [0.15, 0.2) is 0 Å². The summed E-state index contributed by atoms with van der Waals surface area (Å²) in [7, 11) is -7.25. The first-order chi connectivity index (χ1) is 16.0. The van der Waals surface area contributed by atoms with Gasteiger partial charge >= 0.3 is 0 Å². The fourth-order valence-corrected chi connectivity index (χ4v) is 8.75. The quantitative estimate of drug-likeness (QED) is 0.348. The van der Waals surface area contributed by atoms with Gasteiger partial charge in [0.05, 0.1) is 22.1 Å². The number of nitrogens with zero attached hydrogens (tertiary/aromatic N) is 2. The Bertz CT molecular complexity index is 967.